The Kier molecular flexibility index (Phi) is 3.69. The minimum atomic E-state index is 0.835. The molecule has 0 saturated carbocycles. The van der Waals surface area contributed by atoms with E-state index in [1.54, 1.807) is 29.8 Å². The second-order valence-electron chi connectivity index (χ2n) is 4.88. The Balaban J connectivity index is 1.60. The molecule has 0 fully saturated rings. The van der Waals surface area contributed by atoms with Gasteiger partial charge in [-0.2, -0.15) is 0 Å². The van der Waals surface area contributed by atoms with Crippen LogP contribution in [0.15, 0.2) is 53.9 Å². The van der Waals surface area contributed by atoms with Crippen LogP contribution in [0.1, 0.15) is 0 Å². The van der Waals surface area contributed by atoms with Crippen molar-refractivity contribution in [3.63, 3.8) is 0 Å². The molecule has 6 heteroatoms. The predicted molar refractivity (Wildman–Crippen MR) is 97.0 cm³/mol. The molecule has 4 rings (SSSR count). The quantitative estimate of drug-likeness (QED) is 0.557. The topological polar surface area (TPSA) is 47.0 Å². The average molecular weight is 339 g/mol. The van der Waals surface area contributed by atoms with Gasteiger partial charge in [0.2, 0.25) is 0 Å². The first-order valence-corrected chi connectivity index (χ1v) is 8.74. The number of rotatable bonds is 4. The van der Waals surface area contributed by atoms with Gasteiger partial charge < -0.3 is 10.1 Å². The summed E-state index contributed by atoms with van der Waals surface area (Å²) in [6.45, 7) is 0. The molecular formula is C17H13N3OS2. The highest BCUT2D eigenvalue weighted by Crippen LogP contribution is 2.32. The van der Waals surface area contributed by atoms with Crippen LogP contribution in [0.3, 0.4) is 0 Å². The third-order valence-electron chi connectivity index (χ3n) is 3.38. The van der Waals surface area contributed by atoms with E-state index < -0.39 is 0 Å². The summed E-state index contributed by atoms with van der Waals surface area (Å²) in [5, 5.41) is 7.02. The summed E-state index contributed by atoms with van der Waals surface area (Å²) < 4.78 is 6.34. The first kappa shape index (κ1) is 14.2. The molecule has 23 heavy (non-hydrogen) atoms. The molecule has 114 valence electrons. The van der Waals surface area contributed by atoms with Crippen LogP contribution >= 0.6 is 22.7 Å². The van der Waals surface area contributed by atoms with Crippen molar-refractivity contribution in [2.75, 3.05) is 12.4 Å². The lowest BCUT2D eigenvalue weighted by molar-refractivity contribution is 0.415. The molecule has 0 atom stereocenters. The van der Waals surface area contributed by atoms with Gasteiger partial charge in [-0.3, -0.25) is 0 Å². The number of benzene rings is 2. The zero-order valence-corrected chi connectivity index (χ0v) is 13.9. The summed E-state index contributed by atoms with van der Waals surface area (Å²) in [7, 11) is 1.67. The van der Waals surface area contributed by atoms with Crippen molar-refractivity contribution in [2.45, 2.75) is 0 Å². The van der Waals surface area contributed by atoms with Gasteiger partial charge in [0.05, 0.1) is 23.0 Å². The van der Waals surface area contributed by atoms with E-state index in [9.17, 15) is 0 Å². The number of ether oxygens (including phenoxy) is 1. The molecule has 0 amide bonds. The summed E-state index contributed by atoms with van der Waals surface area (Å²) in [6.07, 6.45) is 0. The number of nitrogens with one attached hydrogen (secondary N) is 1. The van der Waals surface area contributed by atoms with Crippen molar-refractivity contribution < 1.29 is 4.74 Å². The molecule has 0 unspecified atom stereocenters. The molecule has 2 heterocycles. The Morgan fingerprint density at radius 2 is 1.87 bits per heavy atom. The van der Waals surface area contributed by atoms with Gasteiger partial charge >= 0.3 is 0 Å². The van der Waals surface area contributed by atoms with Crippen molar-refractivity contribution in [3.05, 3.63) is 53.9 Å². The number of hydrogen-bond acceptors (Lipinski definition) is 6. The standard InChI is InChI=1S/C17H13N3OS2/c1-21-12-7-8-13-15(9-12)23-17(18-13)20-16-19-14(10-22-16)11-5-3-2-4-6-11/h2-10H,1H3,(H,18,19,20). The van der Waals surface area contributed by atoms with Crippen molar-refractivity contribution in [2.24, 2.45) is 0 Å². The zero-order valence-electron chi connectivity index (χ0n) is 12.3. The van der Waals surface area contributed by atoms with E-state index in [-0.39, 0.29) is 0 Å². The molecule has 0 bridgehead atoms. The van der Waals surface area contributed by atoms with Gasteiger partial charge in [-0.15, -0.1) is 11.3 Å². The SMILES string of the molecule is COc1ccc2nc(Nc3nc(-c4ccccc4)cs3)sc2c1. The highest BCUT2D eigenvalue weighted by molar-refractivity contribution is 7.22. The van der Waals surface area contributed by atoms with E-state index in [0.29, 0.717) is 0 Å². The van der Waals surface area contributed by atoms with Crippen LogP contribution in [-0.2, 0) is 0 Å². The van der Waals surface area contributed by atoms with Crippen LogP contribution in [0.25, 0.3) is 21.5 Å². The fourth-order valence-corrected chi connectivity index (χ4v) is 3.93. The third-order valence-corrected chi connectivity index (χ3v) is 5.07. The van der Waals surface area contributed by atoms with Gasteiger partial charge in [-0.05, 0) is 18.2 Å². The Labute approximate surface area is 141 Å². The van der Waals surface area contributed by atoms with Crippen LogP contribution in [0, 0.1) is 0 Å². The number of nitrogens with zero attached hydrogens (tertiary/aromatic N) is 2. The molecular weight excluding hydrogens is 326 g/mol. The first-order valence-electron chi connectivity index (χ1n) is 7.04. The monoisotopic (exact) mass is 339 g/mol. The number of anilines is 2. The lowest BCUT2D eigenvalue weighted by Crippen LogP contribution is -1.88. The molecule has 0 radical (unpaired) electrons. The minimum Gasteiger partial charge on any atom is -0.497 e. The Morgan fingerprint density at radius 3 is 2.70 bits per heavy atom. The molecule has 0 saturated heterocycles. The van der Waals surface area contributed by atoms with E-state index in [1.165, 1.54) is 0 Å². The Bertz CT molecular complexity index is 947. The maximum absolute atomic E-state index is 5.25. The number of aromatic nitrogens is 2. The zero-order chi connectivity index (χ0) is 15.6. The van der Waals surface area contributed by atoms with E-state index in [0.717, 1.165) is 37.5 Å². The normalized spacial score (nSPS) is 10.8. The summed E-state index contributed by atoms with van der Waals surface area (Å²) in [6, 6.07) is 16.0. The highest BCUT2D eigenvalue weighted by Gasteiger charge is 2.08. The maximum Gasteiger partial charge on any atom is 0.190 e. The summed E-state index contributed by atoms with van der Waals surface area (Å²) in [5.74, 6) is 0.841. The third kappa shape index (κ3) is 2.91. The highest BCUT2D eigenvalue weighted by atomic mass is 32.1. The van der Waals surface area contributed by atoms with Crippen LogP contribution in [0.5, 0.6) is 5.75 Å². The average Bonchev–Trinajstić information content (AvgIpc) is 3.21. The van der Waals surface area contributed by atoms with E-state index in [1.807, 2.05) is 41.8 Å². The minimum absolute atomic E-state index is 0.835. The molecule has 4 aromatic rings. The lowest BCUT2D eigenvalue weighted by atomic mass is 10.2. The van der Waals surface area contributed by atoms with Crippen LogP contribution in [0.2, 0.25) is 0 Å². The molecule has 0 aliphatic carbocycles. The van der Waals surface area contributed by atoms with Gasteiger partial charge in [0, 0.05) is 10.9 Å². The van der Waals surface area contributed by atoms with Crippen molar-refractivity contribution in [1.29, 1.82) is 0 Å². The summed E-state index contributed by atoms with van der Waals surface area (Å²) in [5.41, 5.74) is 3.05. The second-order valence-corrected chi connectivity index (χ2v) is 6.77. The second kappa shape index (κ2) is 5.98. The summed E-state index contributed by atoms with van der Waals surface area (Å²) >= 11 is 3.17. The number of thiazole rings is 2. The molecule has 0 spiro atoms. The van der Waals surface area contributed by atoms with Crippen molar-refractivity contribution in [1.82, 2.24) is 9.97 Å². The predicted octanol–water partition coefficient (Wildman–Crippen LogP) is 5.17. The lowest BCUT2D eigenvalue weighted by Gasteiger charge is -1.96. The van der Waals surface area contributed by atoms with E-state index >= 15 is 0 Å². The van der Waals surface area contributed by atoms with Crippen LogP contribution in [0.4, 0.5) is 10.3 Å². The van der Waals surface area contributed by atoms with Gasteiger partial charge in [0.25, 0.3) is 0 Å². The van der Waals surface area contributed by atoms with Crippen LogP contribution < -0.4 is 10.1 Å². The molecule has 4 nitrogen and oxygen atoms in total. The fraction of sp³-hybridized carbons (Fsp3) is 0.0588. The number of hydrogen-bond donors (Lipinski definition) is 1. The number of methoxy groups -OCH3 is 1. The van der Waals surface area contributed by atoms with Gasteiger partial charge in [0.15, 0.2) is 10.3 Å². The van der Waals surface area contributed by atoms with Gasteiger partial charge in [-0.1, -0.05) is 41.7 Å². The largest absolute Gasteiger partial charge is 0.497 e. The van der Waals surface area contributed by atoms with E-state index in [2.05, 4.69) is 27.4 Å². The van der Waals surface area contributed by atoms with Crippen molar-refractivity contribution in [3.8, 4) is 17.0 Å². The maximum atomic E-state index is 5.25. The molecule has 2 aromatic heterocycles. The first-order chi connectivity index (χ1) is 11.3. The van der Waals surface area contributed by atoms with Gasteiger partial charge in [0.1, 0.15) is 5.75 Å². The Morgan fingerprint density at radius 1 is 1.00 bits per heavy atom. The molecule has 0 aliphatic heterocycles. The molecule has 2 aromatic carbocycles. The number of fused-ring (bicyclic) bond motifs is 1. The fourth-order valence-electron chi connectivity index (χ4n) is 2.25. The smallest absolute Gasteiger partial charge is 0.190 e. The van der Waals surface area contributed by atoms with Crippen LogP contribution in [-0.4, -0.2) is 17.1 Å². The molecule has 1 N–H and O–H groups in total. The van der Waals surface area contributed by atoms with Gasteiger partial charge in [-0.25, -0.2) is 9.97 Å². The van der Waals surface area contributed by atoms with Crippen molar-refractivity contribution >= 4 is 43.2 Å². The Hall–Kier alpha value is -2.44. The summed E-state index contributed by atoms with van der Waals surface area (Å²) in [4.78, 5) is 9.21. The van der Waals surface area contributed by atoms with E-state index in [4.69, 9.17) is 4.74 Å². The molecule has 0 aliphatic rings.